The second kappa shape index (κ2) is 9.99. The fraction of sp³-hybridized carbons (Fsp3) is 0.360. The van der Waals surface area contributed by atoms with Crippen LogP contribution in [0.1, 0.15) is 37.9 Å². The van der Waals surface area contributed by atoms with E-state index in [1.807, 2.05) is 20.8 Å². The molecule has 0 radical (unpaired) electrons. The number of methoxy groups -OCH3 is 3. The molecule has 1 heterocycles. The smallest absolute Gasteiger partial charge is 0.338 e. The number of urea groups is 1. The molecule has 1 aliphatic heterocycles. The molecule has 2 amide bonds. The largest absolute Gasteiger partial charge is 0.493 e. The van der Waals surface area contributed by atoms with Crippen LogP contribution in [0.25, 0.3) is 0 Å². The summed E-state index contributed by atoms with van der Waals surface area (Å²) in [6, 6.07) is 9.85. The first-order valence-electron chi connectivity index (χ1n) is 10.9. The van der Waals surface area contributed by atoms with Gasteiger partial charge in [-0.05, 0) is 40.8 Å². The minimum absolute atomic E-state index is 0.0193. The topological polar surface area (TPSA) is 120 Å². The van der Waals surface area contributed by atoms with Gasteiger partial charge in [0.2, 0.25) is 0 Å². The minimum Gasteiger partial charge on any atom is -0.493 e. The number of amides is 2. The molecule has 35 heavy (non-hydrogen) atoms. The first-order chi connectivity index (χ1) is 16.4. The summed E-state index contributed by atoms with van der Waals surface area (Å²) < 4.78 is 42.0. The van der Waals surface area contributed by atoms with E-state index >= 15 is 0 Å². The van der Waals surface area contributed by atoms with Crippen molar-refractivity contribution in [2.75, 3.05) is 27.1 Å². The lowest BCUT2D eigenvalue weighted by atomic mass is 9.87. The summed E-state index contributed by atoms with van der Waals surface area (Å²) in [7, 11) is 0.235. The summed E-state index contributed by atoms with van der Waals surface area (Å²) in [5.41, 5.74) is 1.25. The lowest BCUT2D eigenvalue weighted by Gasteiger charge is -2.29. The summed E-state index contributed by atoms with van der Waals surface area (Å²) in [4.78, 5) is 25.4. The number of rotatable bonds is 7. The third-order valence-electron chi connectivity index (χ3n) is 5.71. The van der Waals surface area contributed by atoms with Crippen molar-refractivity contribution >= 4 is 21.8 Å². The van der Waals surface area contributed by atoms with Crippen LogP contribution in [0, 0.1) is 0 Å². The van der Waals surface area contributed by atoms with Gasteiger partial charge in [0.15, 0.2) is 21.3 Å². The number of carbonyl (C=O) groups excluding carboxylic acids is 2. The number of hydrogen-bond donors (Lipinski definition) is 2. The second-order valence-electron chi connectivity index (χ2n) is 9.06. The van der Waals surface area contributed by atoms with Crippen molar-refractivity contribution in [3.8, 4) is 11.5 Å². The summed E-state index contributed by atoms with van der Waals surface area (Å²) in [5, 5.41) is 5.15. The molecule has 0 aliphatic carbocycles. The van der Waals surface area contributed by atoms with Crippen LogP contribution < -0.4 is 20.1 Å². The predicted molar refractivity (Wildman–Crippen MR) is 130 cm³/mol. The Kier molecular flexibility index (Phi) is 7.44. The van der Waals surface area contributed by atoms with Crippen LogP contribution in [0.5, 0.6) is 11.5 Å². The van der Waals surface area contributed by atoms with Crippen LogP contribution in [-0.2, 0) is 24.8 Å². The average molecular weight is 503 g/mol. The van der Waals surface area contributed by atoms with Crippen molar-refractivity contribution < 1.29 is 32.2 Å². The number of sulfone groups is 1. The molecule has 10 heteroatoms. The summed E-state index contributed by atoms with van der Waals surface area (Å²) in [6.45, 7) is 6.09. The van der Waals surface area contributed by atoms with E-state index in [2.05, 4.69) is 10.6 Å². The van der Waals surface area contributed by atoms with E-state index in [-0.39, 0.29) is 21.6 Å². The molecule has 188 valence electrons. The van der Waals surface area contributed by atoms with Gasteiger partial charge < -0.3 is 24.8 Å². The third kappa shape index (κ3) is 5.59. The summed E-state index contributed by atoms with van der Waals surface area (Å²) in [6.07, 6.45) is 0. The maximum atomic E-state index is 13.3. The highest BCUT2D eigenvalue weighted by molar-refractivity contribution is 7.91. The molecular formula is C25H30N2O7S. The molecule has 2 aromatic carbocycles. The van der Waals surface area contributed by atoms with Gasteiger partial charge >= 0.3 is 12.0 Å². The highest BCUT2D eigenvalue weighted by Crippen LogP contribution is 2.35. The normalized spacial score (nSPS) is 16.3. The van der Waals surface area contributed by atoms with Gasteiger partial charge in [0.25, 0.3) is 0 Å². The molecule has 9 nitrogen and oxygen atoms in total. The monoisotopic (exact) mass is 502 g/mol. The Hall–Kier alpha value is -3.53. The Bertz CT molecular complexity index is 1260. The number of esters is 1. The molecule has 0 saturated carbocycles. The van der Waals surface area contributed by atoms with Crippen molar-refractivity contribution in [3.05, 3.63) is 64.9 Å². The van der Waals surface area contributed by atoms with Gasteiger partial charge in [0, 0.05) is 5.70 Å². The van der Waals surface area contributed by atoms with E-state index in [1.165, 1.54) is 33.5 Å². The number of benzene rings is 2. The lowest BCUT2D eigenvalue weighted by Crippen LogP contribution is -2.47. The first-order valence-corrected chi connectivity index (χ1v) is 12.5. The number of ether oxygens (including phenoxy) is 3. The van der Waals surface area contributed by atoms with Crippen LogP contribution in [0.3, 0.4) is 0 Å². The molecule has 0 unspecified atom stereocenters. The van der Waals surface area contributed by atoms with Crippen LogP contribution in [-0.4, -0.2) is 47.5 Å². The second-order valence-corrected chi connectivity index (χ2v) is 11.1. The lowest BCUT2D eigenvalue weighted by molar-refractivity contribution is -0.136. The first kappa shape index (κ1) is 26.1. The van der Waals surface area contributed by atoms with E-state index in [1.54, 1.807) is 30.3 Å². The zero-order valence-electron chi connectivity index (χ0n) is 20.6. The number of carbonyl (C=O) groups is 2. The molecule has 1 aliphatic rings. The van der Waals surface area contributed by atoms with Gasteiger partial charge in [-0.1, -0.05) is 39.0 Å². The van der Waals surface area contributed by atoms with Crippen LogP contribution in [0.15, 0.2) is 58.6 Å². The SMILES string of the molecule is COC(=O)C1=C(CS(=O)(=O)c2ccc(C(C)(C)C)cc2)NC(=O)N[C@H]1c1ccc(OC)c(OC)c1. The molecule has 0 aromatic heterocycles. The fourth-order valence-corrected chi connectivity index (χ4v) is 5.13. The van der Waals surface area contributed by atoms with E-state index in [4.69, 9.17) is 14.2 Å². The number of hydrogen-bond acceptors (Lipinski definition) is 7. The van der Waals surface area contributed by atoms with Gasteiger partial charge in [-0.15, -0.1) is 0 Å². The van der Waals surface area contributed by atoms with E-state index in [0.717, 1.165) is 5.56 Å². The van der Waals surface area contributed by atoms with Gasteiger partial charge in [-0.3, -0.25) is 0 Å². The summed E-state index contributed by atoms with van der Waals surface area (Å²) >= 11 is 0. The Labute approximate surface area is 205 Å². The van der Waals surface area contributed by atoms with Crippen molar-refractivity contribution in [1.29, 1.82) is 0 Å². The standard InChI is InChI=1S/C25H30N2O7S/c1-25(2,3)16-8-10-17(11-9-16)35(30,31)14-18-21(23(28)34-6)22(27-24(29)26-18)15-7-12-19(32-4)20(13-15)33-5/h7-13,22H,14H2,1-6H3,(H2,26,27,29)/t22-/m0/s1. The Morgan fingerprint density at radius 2 is 1.60 bits per heavy atom. The van der Waals surface area contributed by atoms with Crippen molar-refractivity contribution in [2.45, 2.75) is 37.1 Å². The highest BCUT2D eigenvalue weighted by atomic mass is 32.2. The van der Waals surface area contributed by atoms with Crippen molar-refractivity contribution in [2.24, 2.45) is 0 Å². The highest BCUT2D eigenvalue weighted by Gasteiger charge is 2.36. The Morgan fingerprint density at radius 1 is 0.971 bits per heavy atom. The quantitative estimate of drug-likeness (QED) is 0.558. The number of nitrogens with one attached hydrogen (secondary N) is 2. The maximum Gasteiger partial charge on any atom is 0.338 e. The fourth-order valence-electron chi connectivity index (χ4n) is 3.80. The zero-order chi connectivity index (χ0) is 26.0. The molecule has 0 spiro atoms. The third-order valence-corrected chi connectivity index (χ3v) is 7.37. The van der Waals surface area contributed by atoms with Crippen LogP contribution in [0.4, 0.5) is 4.79 Å². The Balaban J connectivity index is 2.07. The van der Waals surface area contributed by atoms with E-state index < -0.39 is 33.6 Å². The van der Waals surface area contributed by atoms with Gasteiger partial charge in [0.1, 0.15) is 0 Å². The van der Waals surface area contributed by atoms with E-state index in [9.17, 15) is 18.0 Å². The van der Waals surface area contributed by atoms with Crippen molar-refractivity contribution in [1.82, 2.24) is 10.6 Å². The molecule has 0 bridgehead atoms. The average Bonchev–Trinajstić information content (AvgIpc) is 2.82. The van der Waals surface area contributed by atoms with Crippen LogP contribution in [0.2, 0.25) is 0 Å². The maximum absolute atomic E-state index is 13.3. The summed E-state index contributed by atoms with van der Waals surface area (Å²) in [5.74, 6) is -0.522. The molecule has 0 saturated heterocycles. The van der Waals surface area contributed by atoms with Gasteiger partial charge in [-0.2, -0.15) is 0 Å². The van der Waals surface area contributed by atoms with Gasteiger partial charge in [-0.25, -0.2) is 18.0 Å². The molecule has 2 N–H and O–H groups in total. The predicted octanol–water partition coefficient (Wildman–Crippen LogP) is 3.26. The van der Waals surface area contributed by atoms with Gasteiger partial charge in [0.05, 0.1) is 43.6 Å². The van der Waals surface area contributed by atoms with Crippen molar-refractivity contribution in [3.63, 3.8) is 0 Å². The molecule has 1 atom stereocenters. The molecule has 0 fully saturated rings. The molecule has 2 aromatic rings. The van der Waals surface area contributed by atoms with Crippen LogP contribution >= 0.6 is 0 Å². The molecule has 3 rings (SSSR count). The Morgan fingerprint density at radius 3 is 2.14 bits per heavy atom. The zero-order valence-corrected chi connectivity index (χ0v) is 21.4. The van der Waals surface area contributed by atoms with E-state index in [0.29, 0.717) is 17.1 Å². The molecular weight excluding hydrogens is 472 g/mol. The minimum atomic E-state index is -3.90.